The number of amides is 1. The van der Waals surface area contributed by atoms with Crippen LogP contribution in [0.1, 0.15) is 25.8 Å². The number of rotatable bonds is 2. The Kier molecular flexibility index (Phi) is 4.15. The zero-order valence-corrected chi connectivity index (χ0v) is 14.8. The molecule has 3 atom stereocenters. The van der Waals surface area contributed by atoms with Crippen LogP contribution in [0.5, 0.6) is 0 Å². The van der Waals surface area contributed by atoms with E-state index in [-0.39, 0.29) is 11.9 Å². The van der Waals surface area contributed by atoms with Gasteiger partial charge in [0.15, 0.2) is 5.82 Å². The molecule has 0 saturated carbocycles. The van der Waals surface area contributed by atoms with E-state index in [1.165, 1.54) is 12.0 Å². The van der Waals surface area contributed by atoms with E-state index >= 15 is 0 Å². The highest BCUT2D eigenvalue weighted by Crippen LogP contribution is 2.38. The first kappa shape index (κ1) is 16.1. The van der Waals surface area contributed by atoms with E-state index in [1.54, 1.807) is 6.20 Å². The molecule has 1 saturated heterocycles. The van der Waals surface area contributed by atoms with Gasteiger partial charge in [-0.1, -0.05) is 32.0 Å². The molecule has 0 N–H and O–H groups in total. The van der Waals surface area contributed by atoms with E-state index in [0.717, 1.165) is 31.0 Å². The standard InChI is InChI=1S/C20H24N4O/c1-14-10-15(2)13-23(12-14)20(25)18-11-16-6-3-4-7-17(16)24(18)19-8-5-9-21-22-19/h3-9,14-15,18H,10-13H2,1-2H3/t14?,15?,18-/m0/s1. The number of hydrogen-bond acceptors (Lipinski definition) is 4. The first-order valence-corrected chi connectivity index (χ1v) is 9.07. The third-order valence-electron chi connectivity index (χ3n) is 5.25. The summed E-state index contributed by atoms with van der Waals surface area (Å²) >= 11 is 0. The van der Waals surface area contributed by atoms with Crippen molar-refractivity contribution in [3.8, 4) is 0 Å². The van der Waals surface area contributed by atoms with Gasteiger partial charge in [-0.2, -0.15) is 5.10 Å². The van der Waals surface area contributed by atoms with Crippen LogP contribution in [-0.2, 0) is 11.2 Å². The molecular formula is C20H24N4O. The van der Waals surface area contributed by atoms with Gasteiger partial charge in [0.1, 0.15) is 6.04 Å². The van der Waals surface area contributed by atoms with Gasteiger partial charge in [0, 0.05) is 31.4 Å². The minimum absolute atomic E-state index is 0.209. The van der Waals surface area contributed by atoms with Crippen molar-refractivity contribution in [2.24, 2.45) is 11.8 Å². The average Bonchev–Trinajstić information content (AvgIpc) is 3.00. The molecule has 2 aliphatic heterocycles. The average molecular weight is 336 g/mol. The maximum Gasteiger partial charge on any atom is 0.246 e. The zero-order valence-electron chi connectivity index (χ0n) is 14.8. The molecule has 4 rings (SSSR count). The van der Waals surface area contributed by atoms with Crippen LogP contribution in [0.25, 0.3) is 0 Å². The molecule has 0 radical (unpaired) electrons. The van der Waals surface area contributed by atoms with Crippen molar-refractivity contribution >= 4 is 17.4 Å². The lowest BCUT2D eigenvalue weighted by molar-refractivity contribution is -0.135. The Balaban J connectivity index is 1.67. The van der Waals surface area contributed by atoms with Gasteiger partial charge >= 0.3 is 0 Å². The number of anilines is 2. The summed E-state index contributed by atoms with van der Waals surface area (Å²) < 4.78 is 0. The molecule has 25 heavy (non-hydrogen) atoms. The first-order valence-electron chi connectivity index (χ1n) is 9.07. The van der Waals surface area contributed by atoms with E-state index in [1.807, 2.05) is 24.3 Å². The fourth-order valence-electron chi connectivity index (χ4n) is 4.34. The minimum Gasteiger partial charge on any atom is -0.340 e. The largest absolute Gasteiger partial charge is 0.340 e. The van der Waals surface area contributed by atoms with Crippen LogP contribution < -0.4 is 4.90 Å². The molecule has 0 aliphatic carbocycles. The molecule has 3 heterocycles. The molecule has 130 valence electrons. The fraction of sp³-hybridized carbons (Fsp3) is 0.450. The maximum atomic E-state index is 13.4. The van der Waals surface area contributed by atoms with Crippen molar-refractivity contribution in [3.05, 3.63) is 48.2 Å². The summed E-state index contributed by atoms with van der Waals surface area (Å²) in [6.07, 6.45) is 3.59. The first-order chi connectivity index (χ1) is 12.1. The number of carbonyl (C=O) groups excluding carboxylic acids is 1. The van der Waals surface area contributed by atoms with Crippen LogP contribution in [0.3, 0.4) is 0 Å². The Morgan fingerprint density at radius 1 is 1.08 bits per heavy atom. The predicted octanol–water partition coefficient (Wildman–Crippen LogP) is 3.04. The number of aromatic nitrogens is 2. The van der Waals surface area contributed by atoms with Gasteiger partial charge in [-0.25, -0.2) is 0 Å². The minimum atomic E-state index is -0.230. The highest BCUT2D eigenvalue weighted by Gasteiger charge is 2.39. The molecule has 2 aliphatic rings. The molecule has 1 aromatic heterocycles. The van der Waals surface area contributed by atoms with Gasteiger partial charge in [-0.3, -0.25) is 4.79 Å². The van der Waals surface area contributed by atoms with Crippen LogP contribution in [-0.4, -0.2) is 40.1 Å². The molecule has 0 bridgehead atoms. The van der Waals surface area contributed by atoms with Crippen molar-refractivity contribution in [2.45, 2.75) is 32.7 Å². The smallest absolute Gasteiger partial charge is 0.246 e. The van der Waals surface area contributed by atoms with E-state index in [0.29, 0.717) is 11.8 Å². The molecule has 1 aromatic carbocycles. The third-order valence-corrected chi connectivity index (χ3v) is 5.25. The van der Waals surface area contributed by atoms with E-state index in [2.05, 4.69) is 46.0 Å². The van der Waals surface area contributed by atoms with Gasteiger partial charge in [0.2, 0.25) is 5.91 Å². The van der Waals surface area contributed by atoms with Gasteiger partial charge in [-0.05, 0) is 42.0 Å². The van der Waals surface area contributed by atoms with Crippen LogP contribution in [0, 0.1) is 11.8 Å². The topological polar surface area (TPSA) is 49.3 Å². The highest BCUT2D eigenvalue weighted by atomic mass is 16.2. The van der Waals surface area contributed by atoms with E-state index < -0.39 is 0 Å². The molecular weight excluding hydrogens is 312 g/mol. The second-order valence-corrected chi connectivity index (χ2v) is 7.49. The molecule has 2 aromatic rings. The van der Waals surface area contributed by atoms with Crippen molar-refractivity contribution in [3.63, 3.8) is 0 Å². The zero-order chi connectivity index (χ0) is 17.4. The van der Waals surface area contributed by atoms with Gasteiger partial charge in [-0.15, -0.1) is 5.10 Å². The Morgan fingerprint density at radius 3 is 2.56 bits per heavy atom. The second-order valence-electron chi connectivity index (χ2n) is 7.49. The number of para-hydroxylation sites is 1. The lowest BCUT2D eigenvalue weighted by atomic mass is 9.91. The number of carbonyl (C=O) groups is 1. The number of nitrogens with zero attached hydrogens (tertiary/aromatic N) is 4. The monoisotopic (exact) mass is 336 g/mol. The quantitative estimate of drug-likeness (QED) is 0.846. The van der Waals surface area contributed by atoms with E-state index in [9.17, 15) is 4.79 Å². The highest BCUT2D eigenvalue weighted by molar-refractivity contribution is 5.91. The molecule has 1 amide bonds. The summed E-state index contributed by atoms with van der Waals surface area (Å²) in [7, 11) is 0. The lowest BCUT2D eigenvalue weighted by Gasteiger charge is -2.38. The Bertz CT molecular complexity index is 753. The molecule has 0 spiro atoms. The van der Waals surface area contributed by atoms with Crippen LogP contribution >= 0.6 is 0 Å². The second kappa shape index (κ2) is 6.47. The molecule has 5 nitrogen and oxygen atoms in total. The SMILES string of the molecule is CC1CC(C)CN(C(=O)[C@@H]2Cc3ccccc3N2c2cccnn2)C1. The summed E-state index contributed by atoms with van der Waals surface area (Å²) in [6.45, 7) is 6.17. The normalized spacial score (nSPS) is 25.8. The Morgan fingerprint density at radius 2 is 1.84 bits per heavy atom. The number of fused-ring (bicyclic) bond motifs is 1. The summed E-state index contributed by atoms with van der Waals surface area (Å²) in [6, 6.07) is 11.8. The van der Waals surface area contributed by atoms with Crippen LogP contribution in [0.15, 0.2) is 42.6 Å². The van der Waals surface area contributed by atoms with Crippen molar-refractivity contribution < 1.29 is 4.79 Å². The van der Waals surface area contributed by atoms with Crippen molar-refractivity contribution in [1.82, 2.24) is 15.1 Å². The number of hydrogen-bond donors (Lipinski definition) is 0. The van der Waals surface area contributed by atoms with Gasteiger partial charge in [0.05, 0.1) is 0 Å². The summed E-state index contributed by atoms with van der Waals surface area (Å²) in [5.41, 5.74) is 2.27. The molecule has 2 unspecified atom stereocenters. The number of likely N-dealkylation sites (tertiary alicyclic amines) is 1. The summed E-state index contributed by atoms with van der Waals surface area (Å²) in [5, 5.41) is 8.29. The maximum absolute atomic E-state index is 13.4. The molecule has 1 fully saturated rings. The number of benzene rings is 1. The fourth-order valence-corrected chi connectivity index (χ4v) is 4.34. The summed E-state index contributed by atoms with van der Waals surface area (Å²) in [5.74, 6) is 2.06. The van der Waals surface area contributed by atoms with Crippen molar-refractivity contribution in [1.29, 1.82) is 0 Å². The summed E-state index contributed by atoms with van der Waals surface area (Å²) in [4.78, 5) is 17.5. The Labute approximate surface area is 148 Å². The van der Waals surface area contributed by atoms with Crippen LogP contribution in [0.2, 0.25) is 0 Å². The van der Waals surface area contributed by atoms with Gasteiger partial charge in [0.25, 0.3) is 0 Å². The Hall–Kier alpha value is -2.43. The van der Waals surface area contributed by atoms with Crippen LogP contribution in [0.4, 0.5) is 11.5 Å². The predicted molar refractivity (Wildman–Crippen MR) is 97.6 cm³/mol. The third kappa shape index (κ3) is 2.99. The number of piperidine rings is 1. The van der Waals surface area contributed by atoms with E-state index in [4.69, 9.17) is 0 Å². The van der Waals surface area contributed by atoms with Gasteiger partial charge < -0.3 is 9.80 Å². The van der Waals surface area contributed by atoms with Crippen molar-refractivity contribution in [2.75, 3.05) is 18.0 Å². The molecule has 5 heteroatoms. The lowest BCUT2D eigenvalue weighted by Crippen LogP contribution is -2.50.